The van der Waals surface area contributed by atoms with E-state index in [-0.39, 0.29) is 24.8 Å². The summed E-state index contributed by atoms with van der Waals surface area (Å²) < 4.78 is 4.52. The van der Waals surface area contributed by atoms with Crippen LogP contribution < -0.4 is 5.32 Å². The third-order valence-corrected chi connectivity index (χ3v) is 2.65. The lowest BCUT2D eigenvalue weighted by molar-refractivity contribution is -0.147. The van der Waals surface area contributed by atoms with E-state index in [0.29, 0.717) is 25.9 Å². The van der Waals surface area contributed by atoms with Crippen LogP contribution in [0.3, 0.4) is 0 Å². The molecule has 0 aliphatic rings. The van der Waals surface area contributed by atoms with E-state index in [1.54, 1.807) is 6.92 Å². The van der Waals surface area contributed by atoms with E-state index in [2.05, 4.69) is 10.1 Å². The van der Waals surface area contributed by atoms with Crippen LogP contribution in [0, 0.1) is 0 Å². The Bertz CT molecular complexity index is 305. The normalized spacial score (nSPS) is 9.84. The SMILES string of the molecule is CCCNC(=O)CCCC(=O)N(CC)CC(=O)OC. The van der Waals surface area contributed by atoms with E-state index in [1.165, 1.54) is 12.0 Å². The zero-order valence-electron chi connectivity index (χ0n) is 12.0. The van der Waals surface area contributed by atoms with Crippen LogP contribution >= 0.6 is 0 Å². The smallest absolute Gasteiger partial charge is 0.325 e. The van der Waals surface area contributed by atoms with Crippen LogP contribution in [0.15, 0.2) is 0 Å². The molecule has 0 aliphatic carbocycles. The highest BCUT2D eigenvalue weighted by Crippen LogP contribution is 2.01. The fraction of sp³-hybridized carbons (Fsp3) is 0.769. The molecule has 0 saturated heterocycles. The van der Waals surface area contributed by atoms with Crippen LogP contribution in [0.2, 0.25) is 0 Å². The number of carbonyl (C=O) groups is 3. The first-order valence-corrected chi connectivity index (χ1v) is 6.66. The highest BCUT2D eigenvalue weighted by Gasteiger charge is 2.15. The predicted molar refractivity (Wildman–Crippen MR) is 71.4 cm³/mol. The first kappa shape index (κ1) is 17.4. The fourth-order valence-electron chi connectivity index (χ4n) is 1.51. The molecule has 6 heteroatoms. The molecule has 0 atom stereocenters. The second kappa shape index (κ2) is 10.3. The molecule has 6 nitrogen and oxygen atoms in total. The largest absolute Gasteiger partial charge is 0.468 e. The first-order chi connectivity index (χ1) is 9.04. The number of hydrogen-bond acceptors (Lipinski definition) is 4. The molecule has 0 heterocycles. The van der Waals surface area contributed by atoms with Crippen molar-refractivity contribution in [1.82, 2.24) is 10.2 Å². The summed E-state index contributed by atoms with van der Waals surface area (Å²) in [5, 5.41) is 2.75. The van der Waals surface area contributed by atoms with Crippen molar-refractivity contribution in [3.05, 3.63) is 0 Å². The molecule has 0 rings (SSSR count). The topological polar surface area (TPSA) is 75.7 Å². The van der Waals surface area contributed by atoms with Gasteiger partial charge in [0.2, 0.25) is 11.8 Å². The minimum absolute atomic E-state index is 0.0339. The molecule has 0 unspecified atom stereocenters. The van der Waals surface area contributed by atoms with E-state index in [0.717, 1.165) is 6.42 Å². The Morgan fingerprint density at radius 2 is 1.84 bits per heavy atom. The number of esters is 1. The van der Waals surface area contributed by atoms with Crippen molar-refractivity contribution in [1.29, 1.82) is 0 Å². The molecule has 0 aromatic heterocycles. The number of ether oxygens (including phenoxy) is 1. The maximum Gasteiger partial charge on any atom is 0.325 e. The Labute approximate surface area is 114 Å². The molecule has 0 fully saturated rings. The fourth-order valence-corrected chi connectivity index (χ4v) is 1.51. The molecule has 0 radical (unpaired) electrons. The Morgan fingerprint density at radius 1 is 1.16 bits per heavy atom. The Balaban J connectivity index is 3.94. The van der Waals surface area contributed by atoms with E-state index in [9.17, 15) is 14.4 Å². The lowest BCUT2D eigenvalue weighted by Gasteiger charge is -2.19. The van der Waals surface area contributed by atoms with Crippen molar-refractivity contribution in [2.75, 3.05) is 26.7 Å². The number of rotatable bonds is 9. The molecule has 19 heavy (non-hydrogen) atoms. The summed E-state index contributed by atoms with van der Waals surface area (Å²) in [5.41, 5.74) is 0. The number of nitrogens with one attached hydrogen (secondary N) is 1. The second-order valence-corrected chi connectivity index (χ2v) is 4.19. The van der Waals surface area contributed by atoms with Gasteiger partial charge in [-0.05, 0) is 19.8 Å². The van der Waals surface area contributed by atoms with Gasteiger partial charge in [0.15, 0.2) is 0 Å². The lowest BCUT2D eigenvalue weighted by Crippen LogP contribution is -2.36. The van der Waals surface area contributed by atoms with Crippen molar-refractivity contribution in [2.24, 2.45) is 0 Å². The Hall–Kier alpha value is -1.59. The molecule has 1 N–H and O–H groups in total. The van der Waals surface area contributed by atoms with Crippen molar-refractivity contribution >= 4 is 17.8 Å². The summed E-state index contributed by atoms with van der Waals surface area (Å²) in [6.45, 7) is 4.87. The molecule has 0 saturated carbocycles. The van der Waals surface area contributed by atoms with Gasteiger partial charge in [0.25, 0.3) is 0 Å². The van der Waals surface area contributed by atoms with Gasteiger partial charge in [-0.25, -0.2) is 0 Å². The number of hydrogen-bond donors (Lipinski definition) is 1. The summed E-state index contributed by atoms with van der Waals surface area (Å²) >= 11 is 0. The zero-order chi connectivity index (χ0) is 14.7. The average molecular weight is 272 g/mol. The summed E-state index contributed by atoms with van der Waals surface area (Å²) in [4.78, 5) is 35.7. The van der Waals surface area contributed by atoms with Crippen molar-refractivity contribution in [2.45, 2.75) is 39.5 Å². The van der Waals surface area contributed by atoms with Gasteiger partial charge in [-0.1, -0.05) is 6.92 Å². The minimum Gasteiger partial charge on any atom is -0.468 e. The third kappa shape index (κ3) is 8.18. The van der Waals surface area contributed by atoms with Crippen LogP contribution in [0.25, 0.3) is 0 Å². The van der Waals surface area contributed by atoms with Gasteiger partial charge in [0.05, 0.1) is 7.11 Å². The number of likely N-dealkylation sites (N-methyl/N-ethyl adjacent to an activating group) is 1. The highest BCUT2D eigenvalue weighted by molar-refractivity contribution is 5.82. The Morgan fingerprint density at radius 3 is 2.37 bits per heavy atom. The highest BCUT2D eigenvalue weighted by atomic mass is 16.5. The van der Waals surface area contributed by atoms with Crippen molar-refractivity contribution in [3.63, 3.8) is 0 Å². The predicted octanol–water partition coefficient (Wildman–Crippen LogP) is 0.704. The van der Waals surface area contributed by atoms with Gasteiger partial charge in [0.1, 0.15) is 6.54 Å². The molecular weight excluding hydrogens is 248 g/mol. The van der Waals surface area contributed by atoms with Crippen LogP contribution in [0.4, 0.5) is 0 Å². The number of methoxy groups -OCH3 is 1. The lowest BCUT2D eigenvalue weighted by atomic mass is 10.2. The van der Waals surface area contributed by atoms with Gasteiger partial charge in [-0.15, -0.1) is 0 Å². The van der Waals surface area contributed by atoms with E-state index in [4.69, 9.17) is 0 Å². The van der Waals surface area contributed by atoms with Crippen LogP contribution in [0.5, 0.6) is 0 Å². The van der Waals surface area contributed by atoms with Crippen LogP contribution in [0.1, 0.15) is 39.5 Å². The van der Waals surface area contributed by atoms with Gasteiger partial charge >= 0.3 is 5.97 Å². The van der Waals surface area contributed by atoms with E-state index >= 15 is 0 Å². The van der Waals surface area contributed by atoms with E-state index in [1.807, 2.05) is 6.92 Å². The number of nitrogens with zero attached hydrogens (tertiary/aromatic N) is 1. The van der Waals surface area contributed by atoms with E-state index < -0.39 is 5.97 Å². The quantitative estimate of drug-likeness (QED) is 0.627. The molecule has 2 amide bonds. The van der Waals surface area contributed by atoms with Gasteiger partial charge in [0, 0.05) is 25.9 Å². The van der Waals surface area contributed by atoms with Crippen LogP contribution in [-0.4, -0.2) is 49.4 Å². The molecule has 0 bridgehead atoms. The van der Waals surface area contributed by atoms with Gasteiger partial charge in [-0.3, -0.25) is 14.4 Å². The summed E-state index contributed by atoms with van der Waals surface area (Å²) in [6.07, 6.45) is 1.99. The monoisotopic (exact) mass is 272 g/mol. The number of amides is 2. The molecule has 0 aliphatic heterocycles. The summed E-state index contributed by atoms with van der Waals surface area (Å²) in [6, 6.07) is 0. The third-order valence-electron chi connectivity index (χ3n) is 2.65. The van der Waals surface area contributed by atoms with Crippen LogP contribution in [-0.2, 0) is 19.1 Å². The summed E-state index contributed by atoms with van der Waals surface area (Å²) in [5.74, 6) is -0.599. The average Bonchev–Trinajstić information content (AvgIpc) is 2.41. The number of carbonyl (C=O) groups excluding carboxylic acids is 3. The molecule has 110 valence electrons. The van der Waals surface area contributed by atoms with Crippen molar-refractivity contribution in [3.8, 4) is 0 Å². The Kier molecular flexibility index (Phi) is 9.48. The standard InChI is InChI=1S/C13H24N2O4/c1-4-9-14-11(16)7-6-8-12(17)15(5-2)10-13(18)19-3/h4-10H2,1-3H3,(H,14,16). The van der Waals surface area contributed by atoms with Gasteiger partial charge in [-0.2, -0.15) is 0 Å². The molecule has 0 spiro atoms. The minimum atomic E-state index is -0.434. The molecule has 0 aromatic rings. The first-order valence-electron chi connectivity index (χ1n) is 6.66. The van der Waals surface area contributed by atoms with Gasteiger partial charge < -0.3 is 15.0 Å². The maximum absolute atomic E-state index is 11.8. The summed E-state index contributed by atoms with van der Waals surface area (Å²) in [7, 11) is 1.29. The second-order valence-electron chi connectivity index (χ2n) is 4.19. The van der Waals surface area contributed by atoms with Crippen molar-refractivity contribution < 1.29 is 19.1 Å². The zero-order valence-corrected chi connectivity index (χ0v) is 12.0. The molecular formula is C13H24N2O4. The maximum atomic E-state index is 11.8. The molecule has 0 aromatic carbocycles.